The average Bonchev–Trinajstić information content (AvgIpc) is 3.15. The highest BCUT2D eigenvalue weighted by Gasteiger charge is 2.36. The molecule has 0 spiro atoms. The van der Waals surface area contributed by atoms with Crippen LogP contribution in [0.15, 0.2) is 9.98 Å². The van der Waals surface area contributed by atoms with Crippen molar-refractivity contribution in [3.63, 3.8) is 0 Å². The van der Waals surface area contributed by atoms with Gasteiger partial charge in [-0.3, -0.25) is 4.79 Å². The summed E-state index contributed by atoms with van der Waals surface area (Å²) in [7, 11) is 0. The molecule has 200 valence electrons. The van der Waals surface area contributed by atoms with Gasteiger partial charge in [-0.1, -0.05) is 52.4 Å². The first kappa shape index (κ1) is 27.9. The lowest BCUT2D eigenvalue weighted by Gasteiger charge is -2.33. The number of morpholine rings is 1. The standard InChI is InChI=1S/C26H42N6O4/c1-20(2)17-36-25(34)29-19-32-13-14-35-23(16-32)30-22(15-21-7-5-3-4-6-8-21)24(33)31-26(18-27)9-11-28-12-10-26/h19-22,28H,3-17H2,1-2H3,(H,31,33)/b29-19-,30-23+. The van der Waals surface area contributed by atoms with Crippen molar-refractivity contribution in [1.29, 1.82) is 5.26 Å². The van der Waals surface area contributed by atoms with Gasteiger partial charge in [0.05, 0.1) is 32.1 Å². The molecule has 10 heteroatoms. The largest absolute Gasteiger partial charge is 0.478 e. The summed E-state index contributed by atoms with van der Waals surface area (Å²) in [6.07, 6.45) is 9.67. The first-order valence-electron chi connectivity index (χ1n) is 13.5. The van der Waals surface area contributed by atoms with Crippen LogP contribution in [0.4, 0.5) is 4.79 Å². The smallest absolute Gasteiger partial charge is 0.434 e. The molecule has 3 fully saturated rings. The SMILES string of the molecule is CC(C)COC(=O)/N=C\N1CCO/C(=N/C(CC2CCCCCC2)C(=O)NC2(C#N)CCNCC2)C1. The minimum absolute atomic E-state index is 0.207. The third-order valence-corrected chi connectivity index (χ3v) is 7.02. The Balaban J connectivity index is 1.69. The van der Waals surface area contributed by atoms with E-state index in [9.17, 15) is 14.9 Å². The van der Waals surface area contributed by atoms with E-state index in [4.69, 9.17) is 14.5 Å². The fourth-order valence-corrected chi connectivity index (χ4v) is 4.90. The van der Waals surface area contributed by atoms with Gasteiger partial charge < -0.3 is 25.0 Å². The molecule has 2 amide bonds. The minimum Gasteiger partial charge on any atom is -0.478 e. The summed E-state index contributed by atoms with van der Waals surface area (Å²) in [6.45, 7) is 6.92. The van der Waals surface area contributed by atoms with Crippen molar-refractivity contribution in [2.45, 2.75) is 83.2 Å². The number of nitrogens with zero attached hydrogens (tertiary/aromatic N) is 4. The van der Waals surface area contributed by atoms with Crippen LogP contribution in [0.1, 0.15) is 71.6 Å². The number of rotatable bonds is 8. The lowest BCUT2D eigenvalue weighted by molar-refractivity contribution is -0.124. The van der Waals surface area contributed by atoms with Crippen molar-refractivity contribution in [2.75, 3.05) is 39.4 Å². The maximum Gasteiger partial charge on any atom is 0.434 e. The van der Waals surface area contributed by atoms with Crippen molar-refractivity contribution < 1.29 is 19.1 Å². The maximum absolute atomic E-state index is 13.5. The van der Waals surface area contributed by atoms with E-state index in [-0.39, 0.29) is 11.8 Å². The average molecular weight is 503 g/mol. The van der Waals surface area contributed by atoms with Crippen LogP contribution >= 0.6 is 0 Å². The molecule has 0 aromatic rings. The predicted molar refractivity (Wildman–Crippen MR) is 138 cm³/mol. The van der Waals surface area contributed by atoms with Gasteiger partial charge in [-0.05, 0) is 44.2 Å². The summed E-state index contributed by atoms with van der Waals surface area (Å²) in [5, 5.41) is 16.1. The van der Waals surface area contributed by atoms with E-state index in [0.717, 1.165) is 12.8 Å². The Morgan fingerprint density at radius 3 is 2.67 bits per heavy atom. The minimum atomic E-state index is -0.854. The van der Waals surface area contributed by atoms with Crippen molar-refractivity contribution in [3.8, 4) is 6.07 Å². The summed E-state index contributed by atoms with van der Waals surface area (Å²) >= 11 is 0. The van der Waals surface area contributed by atoms with E-state index >= 15 is 0 Å². The molecule has 2 aliphatic heterocycles. The van der Waals surface area contributed by atoms with Crippen LogP contribution in [0, 0.1) is 23.2 Å². The Kier molecular flexibility index (Phi) is 11.0. The zero-order valence-electron chi connectivity index (χ0n) is 21.8. The van der Waals surface area contributed by atoms with Crippen molar-refractivity contribution >= 4 is 24.2 Å². The van der Waals surface area contributed by atoms with E-state index in [1.807, 2.05) is 18.7 Å². The quantitative estimate of drug-likeness (QED) is 0.297. The van der Waals surface area contributed by atoms with Crippen molar-refractivity contribution in [3.05, 3.63) is 0 Å². The zero-order valence-corrected chi connectivity index (χ0v) is 21.8. The summed E-state index contributed by atoms with van der Waals surface area (Å²) in [4.78, 5) is 35.8. The van der Waals surface area contributed by atoms with Gasteiger partial charge in [0, 0.05) is 0 Å². The predicted octanol–water partition coefficient (Wildman–Crippen LogP) is 3.03. The molecule has 1 unspecified atom stereocenters. The molecule has 0 aromatic heterocycles. The third kappa shape index (κ3) is 9.08. The van der Waals surface area contributed by atoms with Gasteiger partial charge in [-0.25, -0.2) is 9.79 Å². The fourth-order valence-electron chi connectivity index (χ4n) is 4.90. The van der Waals surface area contributed by atoms with Crippen LogP contribution in [0.5, 0.6) is 0 Å². The van der Waals surface area contributed by atoms with Crippen LogP contribution in [0.25, 0.3) is 0 Å². The topological polar surface area (TPSA) is 128 Å². The van der Waals surface area contributed by atoms with Gasteiger partial charge in [0.2, 0.25) is 11.8 Å². The molecule has 0 bridgehead atoms. The van der Waals surface area contributed by atoms with E-state index in [0.29, 0.717) is 70.5 Å². The number of hydrogen-bond donors (Lipinski definition) is 2. The zero-order chi connectivity index (χ0) is 25.8. The lowest BCUT2D eigenvalue weighted by Crippen LogP contribution is -2.56. The molecule has 10 nitrogen and oxygen atoms in total. The molecule has 2 saturated heterocycles. The van der Waals surface area contributed by atoms with Crippen LogP contribution < -0.4 is 10.6 Å². The highest BCUT2D eigenvalue weighted by Crippen LogP contribution is 2.28. The molecule has 3 rings (SSSR count). The molecular formula is C26H42N6O4. The van der Waals surface area contributed by atoms with E-state index in [1.165, 1.54) is 32.0 Å². The normalized spacial score (nSPS) is 23.1. The molecule has 2 heterocycles. The highest BCUT2D eigenvalue weighted by molar-refractivity contribution is 5.89. The second kappa shape index (κ2) is 14.2. The number of nitrogens with one attached hydrogen (secondary N) is 2. The molecule has 36 heavy (non-hydrogen) atoms. The molecule has 1 saturated carbocycles. The Labute approximate surface area is 214 Å². The number of ether oxygens (including phenoxy) is 2. The van der Waals surface area contributed by atoms with E-state index in [1.54, 1.807) is 0 Å². The number of hydrogen-bond acceptors (Lipinski definition) is 7. The lowest BCUT2D eigenvalue weighted by atomic mass is 9.88. The maximum atomic E-state index is 13.5. The molecule has 3 aliphatic rings. The van der Waals surface area contributed by atoms with Gasteiger partial charge in [0.1, 0.15) is 18.2 Å². The summed E-state index contributed by atoms with van der Waals surface area (Å²) in [6, 6.07) is 1.74. The van der Waals surface area contributed by atoms with Crippen LogP contribution in [0.3, 0.4) is 0 Å². The first-order valence-corrected chi connectivity index (χ1v) is 13.5. The molecular weight excluding hydrogens is 460 g/mol. The van der Waals surface area contributed by atoms with Gasteiger partial charge >= 0.3 is 6.09 Å². The summed E-state index contributed by atoms with van der Waals surface area (Å²) in [5.41, 5.74) is -0.854. The molecule has 0 aromatic carbocycles. The van der Waals surface area contributed by atoms with Gasteiger partial charge in [0.25, 0.3) is 0 Å². The first-order chi connectivity index (χ1) is 17.4. The van der Waals surface area contributed by atoms with Crippen LogP contribution in [-0.2, 0) is 14.3 Å². The highest BCUT2D eigenvalue weighted by atomic mass is 16.5. The van der Waals surface area contributed by atoms with Crippen molar-refractivity contribution in [1.82, 2.24) is 15.5 Å². The monoisotopic (exact) mass is 502 g/mol. The van der Waals surface area contributed by atoms with Gasteiger partial charge in [-0.15, -0.1) is 0 Å². The second-order valence-electron chi connectivity index (χ2n) is 10.6. The van der Waals surface area contributed by atoms with Crippen molar-refractivity contribution in [2.24, 2.45) is 21.8 Å². The number of aliphatic imine (C=N–C) groups is 2. The molecule has 2 N–H and O–H groups in total. The number of carbonyl (C=O) groups excluding carboxylic acids is 2. The number of amides is 2. The van der Waals surface area contributed by atoms with Crippen LogP contribution in [-0.4, -0.2) is 80.1 Å². The molecule has 0 radical (unpaired) electrons. The van der Waals surface area contributed by atoms with Gasteiger partial charge in [-0.2, -0.15) is 10.3 Å². The summed E-state index contributed by atoms with van der Waals surface area (Å²) in [5.74, 6) is 0.915. The van der Waals surface area contributed by atoms with E-state index < -0.39 is 17.7 Å². The third-order valence-electron chi connectivity index (χ3n) is 7.02. The number of nitriles is 1. The second-order valence-corrected chi connectivity index (χ2v) is 10.6. The Morgan fingerprint density at radius 1 is 1.28 bits per heavy atom. The Bertz CT molecular complexity index is 823. The number of carbonyl (C=O) groups is 2. The molecule has 1 aliphatic carbocycles. The number of piperidine rings is 1. The summed E-state index contributed by atoms with van der Waals surface area (Å²) < 4.78 is 10.9. The molecule has 1 atom stereocenters. The van der Waals surface area contributed by atoms with Gasteiger partial charge in [0.15, 0.2) is 0 Å². The van der Waals surface area contributed by atoms with E-state index in [2.05, 4.69) is 21.7 Å². The van der Waals surface area contributed by atoms with Crippen LogP contribution in [0.2, 0.25) is 0 Å². The fraction of sp³-hybridized carbons (Fsp3) is 0.808. The Morgan fingerprint density at radius 2 is 2.00 bits per heavy atom. The Hall–Kier alpha value is -2.67.